The average molecular weight is 502 g/mol. The van der Waals surface area contributed by atoms with E-state index in [-0.39, 0.29) is 48.4 Å². The van der Waals surface area contributed by atoms with E-state index in [1.807, 2.05) is 17.0 Å². The largest absolute Gasteiger partial charge is 0.481 e. The highest BCUT2D eigenvalue weighted by Gasteiger charge is 2.51. The third-order valence-corrected chi connectivity index (χ3v) is 7.38. The highest BCUT2D eigenvalue weighted by atomic mass is 19.4. The monoisotopic (exact) mass is 501 g/mol. The molecule has 1 aliphatic heterocycles. The van der Waals surface area contributed by atoms with Gasteiger partial charge in [0.15, 0.2) is 0 Å². The highest BCUT2D eigenvalue weighted by Crippen LogP contribution is 2.53. The van der Waals surface area contributed by atoms with Crippen molar-refractivity contribution >= 4 is 23.5 Å². The fourth-order valence-electron chi connectivity index (χ4n) is 5.75. The van der Waals surface area contributed by atoms with E-state index in [4.69, 9.17) is 5.11 Å². The number of carboxylic acid groups (broad SMARTS) is 1. The van der Waals surface area contributed by atoms with Gasteiger partial charge >= 0.3 is 12.1 Å². The van der Waals surface area contributed by atoms with Crippen LogP contribution in [0.2, 0.25) is 0 Å². The van der Waals surface area contributed by atoms with Crippen molar-refractivity contribution in [3.05, 3.63) is 59.4 Å². The molecule has 36 heavy (non-hydrogen) atoms. The molecule has 0 bridgehead atoms. The summed E-state index contributed by atoms with van der Waals surface area (Å²) in [6.07, 6.45) is 0.0987. The molecule has 0 radical (unpaired) electrons. The number of benzene rings is 1. The number of alkyl halides is 3. The summed E-state index contributed by atoms with van der Waals surface area (Å²) in [6.45, 7) is 0. The number of carboxylic acids is 1. The van der Waals surface area contributed by atoms with Crippen LogP contribution in [0.1, 0.15) is 72.6 Å². The highest BCUT2D eigenvalue weighted by molar-refractivity contribution is 6.07. The van der Waals surface area contributed by atoms with Crippen molar-refractivity contribution in [2.45, 2.75) is 69.2 Å². The van der Waals surface area contributed by atoms with Gasteiger partial charge in [0.2, 0.25) is 5.91 Å². The summed E-state index contributed by atoms with van der Waals surface area (Å²) in [5.74, 6) is -1.70. The molecular weight excluding hydrogens is 475 g/mol. The van der Waals surface area contributed by atoms with Crippen molar-refractivity contribution in [2.75, 3.05) is 4.90 Å². The second kappa shape index (κ2) is 9.22. The maximum absolute atomic E-state index is 13.7. The quantitative estimate of drug-likeness (QED) is 0.613. The van der Waals surface area contributed by atoms with E-state index in [0.717, 1.165) is 49.6 Å². The van der Waals surface area contributed by atoms with E-state index in [2.05, 4.69) is 4.98 Å². The molecule has 0 saturated heterocycles. The number of fused-ring (bicyclic) bond motifs is 2. The Morgan fingerprint density at radius 1 is 1.03 bits per heavy atom. The standard InChI is InChI=1S/C26H26F3N3O4/c27-26(28,29)21-11-8-15(14-30-21)25(36)32-19-6-2-1-4-17(19)24(18-5-3-7-20(18)32)31(16-9-10-16)22(33)12-13-23(34)35/h1-2,4,6,8,11,14,16,18,20,24H,3,5,7,9-10,12-13H2,(H,34,35). The number of para-hydroxylation sites is 1. The van der Waals surface area contributed by atoms with Gasteiger partial charge in [-0.2, -0.15) is 13.2 Å². The summed E-state index contributed by atoms with van der Waals surface area (Å²) >= 11 is 0. The van der Waals surface area contributed by atoms with Crippen LogP contribution in [0.5, 0.6) is 0 Å². The third kappa shape index (κ3) is 4.44. The van der Waals surface area contributed by atoms with Crippen LogP contribution in [0.4, 0.5) is 18.9 Å². The molecule has 190 valence electrons. The van der Waals surface area contributed by atoms with Crippen LogP contribution >= 0.6 is 0 Å². The molecule has 2 saturated carbocycles. The van der Waals surface area contributed by atoms with Crippen LogP contribution < -0.4 is 4.90 Å². The van der Waals surface area contributed by atoms with E-state index in [0.29, 0.717) is 12.1 Å². The molecule has 2 amide bonds. The lowest BCUT2D eigenvalue weighted by Crippen LogP contribution is -2.53. The number of amides is 2. The molecule has 0 spiro atoms. The molecule has 1 aromatic heterocycles. The summed E-state index contributed by atoms with van der Waals surface area (Å²) in [4.78, 5) is 45.0. The number of carbonyl (C=O) groups is 3. The molecule has 2 fully saturated rings. The molecule has 2 heterocycles. The predicted octanol–water partition coefficient (Wildman–Crippen LogP) is 4.83. The summed E-state index contributed by atoms with van der Waals surface area (Å²) in [6, 6.07) is 8.84. The number of anilines is 1. The van der Waals surface area contributed by atoms with Crippen LogP contribution in [0.15, 0.2) is 42.6 Å². The number of halogens is 3. The smallest absolute Gasteiger partial charge is 0.433 e. The number of hydrogen-bond acceptors (Lipinski definition) is 4. The first-order chi connectivity index (χ1) is 17.2. The van der Waals surface area contributed by atoms with Crippen molar-refractivity contribution in [1.82, 2.24) is 9.88 Å². The van der Waals surface area contributed by atoms with Crippen LogP contribution in [-0.4, -0.2) is 44.9 Å². The zero-order valence-corrected chi connectivity index (χ0v) is 19.4. The molecule has 2 aromatic rings. The Labute approximate surface area is 205 Å². The van der Waals surface area contributed by atoms with E-state index < -0.39 is 23.7 Å². The number of aromatic nitrogens is 1. The van der Waals surface area contributed by atoms with Gasteiger partial charge in [0.05, 0.1) is 18.0 Å². The molecule has 3 aliphatic rings. The lowest BCUT2D eigenvalue weighted by atomic mass is 9.81. The third-order valence-electron chi connectivity index (χ3n) is 7.38. The first kappa shape index (κ1) is 24.3. The zero-order valence-electron chi connectivity index (χ0n) is 19.4. The van der Waals surface area contributed by atoms with Crippen molar-refractivity contribution in [3.63, 3.8) is 0 Å². The first-order valence-electron chi connectivity index (χ1n) is 12.2. The number of pyridine rings is 1. The van der Waals surface area contributed by atoms with Crippen molar-refractivity contribution in [3.8, 4) is 0 Å². The maximum Gasteiger partial charge on any atom is 0.433 e. The topological polar surface area (TPSA) is 90.8 Å². The van der Waals surface area contributed by atoms with Crippen LogP contribution in [0.3, 0.4) is 0 Å². The second-order valence-electron chi connectivity index (χ2n) is 9.70. The summed E-state index contributed by atoms with van der Waals surface area (Å²) in [7, 11) is 0. The van der Waals surface area contributed by atoms with Crippen LogP contribution in [-0.2, 0) is 15.8 Å². The van der Waals surface area contributed by atoms with Gasteiger partial charge in [0.1, 0.15) is 5.69 Å². The minimum absolute atomic E-state index is 0.0481. The van der Waals surface area contributed by atoms with Crippen molar-refractivity contribution in [1.29, 1.82) is 0 Å². The SMILES string of the molecule is O=C(O)CCC(=O)N(C1CC1)C1c2ccccc2N(C(=O)c2ccc(C(F)(F)F)nc2)C2CCCC21. The van der Waals surface area contributed by atoms with Gasteiger partial charge in [-0.15, -0.1) is 0 Å². The van der Waals surface area contributed by atoms with Gasteiger partial charge in [-0.05, 0) is 49.4 Å². The molecule has 3 atom stereocenters. The molecule has 2 aliphatic carbocycles. The van der Waals surface area contributed by atoms with Crippen molar-refractivity contribution in [2.24, 2.45) is 5.92 Å². The van der Waals surface area contributed by atoms with E-state index in [1.165, 1.54) is 0 Å². The predicted molar refractivity (Wildman–Crippen MR) is 123 cm³/mol. The van der Waals surface area contributed by atoms with Gasteiger partial charge in [-0.1, -0.05) is 24.6 Å². The average Bonchev–Trinajstić information content (AvgIpc) is 3.57. The molecule has 5 rings (SSSR count). The molecule has 1 aromatic carbocycles. The van der Waals surface area contributed by atoms with Gasteiger partial charge in [-0.3, -0.25) is 19.4 Å². The lowest BCUT2D eigenvalue weighted by Gasteiger charge is -2.47. The number of rotatable bonds is 6. The Morgan fingerprint density at radius 3 is 2.42 bits per heavy atom. The zero-order chi connectivity index (χ0) is 25.6. The molecule has 1 N–H and O–H groups in total. The normalized spacial score (nSPS) is 23.1. The Morgan fingerprint density at radius 2 is 1.78 bits per heavy atom. The second-order valence-corrected chi connectivity index (χ2v) is 9.70. The van der Waals surface area contributed by atoms with Crippen molar-refractivity contribution < 1.29 is 32.7 Å². The minimum atomic E-state index is -4.59. The summed E-state index contributed by atoms with van der Waals surface area (Å²) < 4.78 is 38.9. The Kier molecular flexibility index (Phi) is 6.22. The molecule has 7 nitrogen and oxygen atoms in total. The Bertz CT molecular complexity index is 1180. The fourth-order valence-corrected chi connectivity index (χ4v) is 5.75. The summed E-state index contributed by atoms with van der Waals surface area (Å²) in [5, 5.41) is 9.10. The van der Waals surface area contributed by atoms with Gasteiger partial charge < -0.3 is 14.9 Å². The Hall–Kier alpha value is -3.43. The van der Waals surface area contributed by atoms with Crippen LogP contribution in [0, 0.1) is 5.92 Å². The van der Waals surface area contributed by atoms with E-state index >= 15 is 0 Å². The van der Waals surface area contributed by atoms with E-state index in [9.17, 15) is 27.6 Å². The molecular formula is C26H26F3N3O4. The molecule has 3 unspecified atom stereocenters. The number of nitrogens with zero attached hydrogens (tertiary/aromatic N) is 3. The minimum Gasteiger partial charge on any atom is -0.481 e. The lowest BCUT2D eigenvalue weighted by molar-refractivity contribution is -0.142. The fraction of sp³-hybridized carbons (Fsp3) is 0.462. The van der Waals surface area contributed by atoms with Gasteiger partial charge in [0, 0.05) is 36.3 Å². The number of aliphatic carboxylic acids is 1. The van der Waals surface area contributed by atoms with Crippen LogP contribution in [0.25, 0.3) is 0 Å². The number of carbonyl (C=O) groups excluding carboxylic acids is 2. The van der Waals surface area contributed by atoms with E-state index in [1.54, 1.807) is 17.0 Å². The van der Waals surface area contributed by atoms with Gasteiger partial charge in [0.25, 0.3) is 5.91 Å². The Balaban J connectivity index is 1.52. The molecule has 10 heteroatoms. The van der Waals surface area contributed by atoms with Gasteiger partial charge in [-0.25, -0.2) is 0 Å². The summed E-state index contributed by atoms with van der Waals surface area (Å²) in [5.41, 5.74) is 0.451. The number of hydrogen-bond donors (Lipinski definition) is 1. The first-order valence-corrected chi connectivity index (χ1v) is 12.2. The maximum atomic E-state index is 13.7.